The SMILES string of the molecule is COc1cccc(OC)c1-c1cnn(C)c1. The lowest BCUT2D eigenvalue weighted by atomic mass is 10.1. The van der Waals surface area contributed by atoms with Crippen molar-refractivity contribution in [1.82, 2.24) is 9.78 Å². The fourth-order valence-electron chi connectivity index (χ4n) is 1.69. The molecular weight excluding hydrogens is 204 g/mol. The molecule has 84 valence electrons. The lowest BCUT2D eigenvalue weighted by molar-refractivity contribution is 0.397. The molecule has 0 aliphatic carbocycles. The van der Waals surface area contributed by atoms with Crippen LogP contribution in [0.4, 0.5) is 0 Å². The van der Waals surface area contributed by atoms with E-state index in [0.717, 1.165) is 22.6 Å². The summed E-state index contributed by atoms with van der Waals surface area (Å²) in [6, 6.07) is 5.72. The van der Waals surface area contributed by atoms with E-state index < -0.39 is 0 Å². The molecule has 0 unspecified atom stereocenters. The maximum atomic E-state index is 5.33. The van der Waals surface area contributed by atoms with Crippen LogP contribution in [-0.2, 0) is 7.05 Å². The van der Waals surface area contributed by atoms with Gasteiger partial charge >= 0.3 is 0 Å². The van der Waals surface area contributed by atoms with Gasteiger partial charge in [-0.3, -0.25) is 4.68 Å². The highest BCUT2D eigenvalue weighted by molar-refractivity contribution is 5.75. The maximum absolute atomic E-state index is 5.33. The first-order chi connectivity index (χ1) is 7.76. The van der Waals surface area contributed by atoms with E-state index in [1.807, 2.05) is 31.4 Å². The number of aromatic nitrogens is 2. The Morgan fingerprint density at radius 2 is 1.75 bits per heavy atom. The number of methoxy groups -OCH3 is 2. The van der Waals surface area contributed by atoms with Gasteiger partial charge in [0.1, 0.15) is 11.5 Å². The average molecular weight is 218 g/mol. The molecule has 0 N–H and O–H groups in total. The lowest BCUT2D eigenvalue weighted by Crippen LogP contribution is -1.92. The summed E-state index contributed by atoms with van der Waals surface area (Å²) in [7, 11) is 5.18. The standard InChI is InChI=1S/C12H14N2O2/c1-14-8-9(7-13-14)12-10(15-2)5-4-6-11(12)16-3/h4-8H,1-3H3. The smallest absolute Gasteiger partial charge is 0.130 e. The second-order valence-electron chi connectivity index (χ2n) is 3.44. The van der Waals surface area contributed by atoms with Crippen LogP contribution in [0.1, 0.15) is 0 Å². The van der Waals surface area contributed by atoms with Crippen molar-refractivity contribution >= 4 is 0 Å². The molecule has 0 bridgehead atoms. The Balaban J connectivity index is 2.60. The quantitative estimate of drug-likeness (QED) is 0.791. The zero-order chi connectivity index (χ0) is 11.5. The molecule has 4 nitrogen and oxygen atoms in total. The highest BCUT2D eigenvalue weighted by Gasteiger charge is 2.13. The van der Waals surface area contributed by atoms with Gasteiger partial charge in [0.2, 0.25) is 0 Å². The molecule has 1 heterocycles. The van der Waals surface area contributed by atoms with Crippen molar-refractivity contribution in [2.75, 3.05) is 14.2 Å². The molecule has 0 spiro atoms. The van der Waals surface area contributed by atoms with Gasteiger partial charge in [0, 0.05) is 18.8 Å². The predicted molar refractivity (Wildman–Crippen MR) is 61.7 cm³/mol. The maximum Gasteiger partial charge on any atom is 0.130 e. The summed E-state index contributed by atoms with van der Waals surface area (Å²) >= 11 is 0. The molecular formula is C12H14N2O2. The Kier molecular flexibility index (Phi) is 2.81. The van der Waals surface area contributed by atoms with Gasteiger partial charge < -0.3 is 9.47 Å². The molecule has 0 atom stereocenters. The highest BCUT2D eigenvalue weighted by atomic mass is 16.5. The van der Waals surface area contributed by atoms with Gasteiger partial charge in [0.05, 0.1) is 26.0 Å². The normalized spacial score (nSPS) is 10.2. The third-order valence-electron chi connectivity index (χ3n) is 2.42. The fraction of sp³-hybridized carbons (Fsp3) is 0.250. The number of hydrogen-bond acceptors (Lipinski definition) is 3. The van der Waals surface area contributed by atoms with Crippen LogP contribution in [0, 0.1) is 0 Å². The van der Waals surface area contributed by atoms with Crippen LogP contribution < -0.4 is 9.47 Å². The van der Waals surface area contributed by atoms with Crippen molar-refractivity contribution in [3.05, 3.63) is 30.6 Å². The third-order valence-corrected chi connectivity index (χ3v) is 2.42. The van der Waals surface area contributed by atoms with E-state index in [1.54, 1.807) is 25.1 Å². The molecule has 0 aliphatic rings. The van der Waals surface area contributed by atoms with E-state index in [2.05, 4.69) is 5.10 Å². The first-order valence-electron chi connectivity index (χ1n) is 4.96. The number of aryl methyl sites for hydroxylation is 1. The fourth-order valence-corrected chi connectivity index (χ4v) is 1.69. The van der Waals surface area contributed by atoms with Gasteiger partial charge in [-0.05, 0) is 12.1 Å². The molecule has 1 aromatic heterocycles. The van der Waals surface area contributed by atoms with Gasteiger partial charge in [-0.25, -0.2) is 0 Å². The van der Waals surface area contributed by atoms with Crippen molar-refractivity contribution in [2.45, 2.75) is 0 Å². The van der Waals surface area contributed by atoms with Crippen LogP contribution in [0.5, 0.6) is 11.5 Å². The average Bonchev–Trinajstić information content (AvgIpc) is 2.74. The second kappa shape index (κ2) is 4.26. The Morgan fingerprint density at radius 3 is 2.19 bits per heavy atom. The monoisotopic (exact) mass is 218 g/mol. The summed E-state index contributed by atoms with van der Waals surface area (Å²) in [6.07, 6.45) is 3.72. The lowest BCUT2D eigenvalue weighted by Gasteiger charge is -2.11. The van der Waals surface area contributed by atoms with Crippen LogP contribution in [-0.4, -0.2) is 24.0 Å². The van der Waals surface area contributed by atoms with Crippen LogP contribution in [0.2, 0.25) is 0 Å². The summed E-state index contributed by atoms with van der Waals surface area (Å²) in [5, 5.41) is 4.15. The van der Waals surface area contributed by atoms with E-state index >= 15 is 0 Å². The van der Waals surface area contributed by atoms with Crippen LogP contribution in [0.3, 0.4) is 0 Å². The number of rotatable bonds is 3. The largest absolute Gasteiger partial charge is 0.496 e. The highest BCUT2D eigenvalue weighted by Crippen LogP contribution is 2.37. The minimum absolute atomic E-state index is 0.785. The molecule has 0 amide bonds. The molecule has 0 saturated heterocycles. The van der Waals surface area contributed by atoms with Crippen molar-refractivity contribution in [3.8, 4) is 22.6 Å². The van der Waals surface area contributed by atoms with Gasteiger partial charge in [0.25, 0.3) is 0 Å². The molecule has 4 heteroatoms. The topological polar surface area (TPSA) is 36.3 Å². The molecule has 16 heavy (non-hydrogen) atoms. The number of nitrogens with zero attached hydrogens (tertiary/aromatic N) is 2. The summed E-state index contributed by atoms with van der Waals surface area (Å²) < 4.78 is 12.4. The van der Waals surface area contributed by atoms with Crippen LogP contribution in [0.15, 0.2) is 30.6 Å². The first-order valence-corrected chi connectivity index (χ1v) is 4.96. The number of hydrogen-bond donors (Lipinski definition) is 0. The van der Waals surface area contributed by atoms with E-state index in [1.165, 1.54) is 0 Å². The molecule has 1 aromatic carbocycles. The molecule has 0 radical (unpaired) electrons. The van der Waals surface area contributed by atoms with E-state index in [0.29, 0.717) is 0 Å². The molecule has 2 aromatic rings. The van der Waals surface area contributed by atoms with Gasteiger partial charge in [-0.15, -0.1) is 0 Å². The van der Waals surface area contributed by atoms with Crippen molar-refractivity contribution in [2.24, 2.45) is 7.05 Å². The van der Waals surface area contributed by atoms with Crippen LogP contribution >= 0.6 is 0 Å². The van der Waals surface area contributed by atoms with Gasteiger partial charge in [-0.2, -0.15) is 5.10 Å². The van der Waals surface area contributed by atoms with Gasteiger partial charge in [-0.1, -0.05) is 6.07 Å². The van der Waals surface area contributed by atoms with E-state index in [9.17, 15) is 0 Å². The molecule has 0 fully saturated rings. The van der Waals surface area contributed by atoms with Gasteiger partial charge in [0.15, 0.2) is 0 Å². The Bertz CT molecular complexity index is 469. The first kappa shape index (κ1) is 10.5. The van der Waals surface area contributed by atoms with Crippen molar-refractivity contribution in [1.29, 1.82) is 0 Å². The minimum atomic E-state index is 0.785. The Labute approximate surface area is 94.4 Å². The minimum Gasteiger partial charge on any atom is -0.496 e. The van der Waals surface area contributed by atoms with Crippen LogP contribution in [0.25, 0.3) is 11.1 Å². The zero-order valence-corrected chi connectivity index (χ0v) is 9.60. The molecule has 2 rings (SSSR count). The predicted octanol–water partition coefficient (Wildman–Crippen LogP) is 2.10. The summed E-state index contributed by atoms with van der Waals surface area (Å²) in [6.45, 7) is 0. The Morgan fingerprint density at radius 1 is 1.12 bits per heavy atom. The number of ether oxygens (including phenoxy) is 2. The third kappa shape index (κ3) is 1.74. The summed E-state index contributed by atoms with van der Waals surface area (Å²) in [5.41, 5.74) is 1.91. The summed E-state index contributed by atoms with van der Waals surface area (Å²) in [4.78, 5) is 0. The van der Waals surface area contributed by atoms with E-state index in [4.69, 9.17) is 9.47 Å². The zero-order valence-electron chi connectivity index (χ0n) is 9.60. The summed E-state index contributed by atoms with van der Waals surface area (Å²) in [5.74, 6) is 1.57. The molecule has 0 aliphatic heterocycles. The Hall–Kier alpha value is -1.97. The number of benzene rings is 1. The van der Waals surface area contributed by atoms with E-state index in [-0.39, 0.29) is 0 Å². The molecule has 0 saturated carbocycles. The second-order valence-corrected chi connectivity index (χ2v) is 3.44. The van der Waals surface area contributed by atoms with Crippen molar-refractivity contribution < 1.29 is 9.47 Å². The van der Waals surface area contributed by atoms with Crippen molar-refractivity contribution in [3.63, 3.8) is 0 Å².